The van der Waals surface area contributed by atoms with Crippen LogP contribution in [0.2, 0.25) is 0 Å². The van der Waals surface area contributed by atoms with Crippen LogP contribution in [0, 0.1) is 15.3 Å². The van der Waals surface area contributed by atoms with E-state index in [9.17, 15) is 0 Å². The Morgan fingerprint density at radius 1 is 1.33 bits per heavy atom. The molecule has 0 aromatic carbocycles. The molecule has 6 heteroatoms. The van der Waals surface area contributed by atoms with E-state index in [4.69, 9.17) is 15.3 Å². The van der Waals surface area contributed by atoms with Crippen LogP contribution >= 0.6 is 0 Å². The first-order valence-corrected chi connectivity index (χ1v) is 0.548. The van der Waals surface area contributed by atoms with E-state index in [0.29, 0.717) is 0 Å². The summed E-state index contributed by atoms with van der Waals surface area (Å²) in [6.07, 6.45) is 0. The van der Waals surface area contributed by atoms with Crippen LogP contribution in [-0.4, -0.2) is 42.2 Å². The molecule has 0 atom stereocenters. The van der Waals surface area contributed by atoms with Gasteiger partial charge >= 0.3 is 37.2 Å². The first kappa shape index (κ1) is 16.2. The van der Waals surface area contributed by atoms with Crippen LogP contribution in [0.3, 0.4) is 0 Å². The Morgan fingerprint density at radius 2 is 1.33 bits per heavy atom. The summed E-state index contributed by atoms with van der Waals surface area (Å²) in [5.74, 6) is 0. The van der Waals surface area contributed by atoms with Crippen LogP contribution in [0.1, 0.15) is 0 Å². The molecule has 0 spiro atoms. The summed E-state index contributed by atoms with van der Waals surface area (Å²) in [7, 11) is 0. The predicted molar refractivity (Wildman–Crippen MR) is 21.9 cm³/mol. The van der Waals surface area contributed by atoms with Gasteiger partial charge in [-0.3, -0.25) is 0 Å². The number of rotatable bonds is 0. The molecule has 0 saturated heterocycles. The second-order valence-electron chi connectivity index (χ2n) is 0.224. The van der Waals surface area contributed by atoms with Gasteiger partial charge in [0.05, 0.1) is 5.09 Å². The van der Waals surface area contributed by atoms with E-state index in [-0.39, 0.29) is 37.2 Å². The third-order valence-corrected chi connectivity index (χ3v) is 0. The number of hydrogen-bond donors (Lipinski definition) is 0. The standard InChI is InChI=1S/Al.Ga.NO3/c;;2-1(3)4/q2*+3;-1. The smallest absolute Gasteiger partial charge is 0.356 e. The van der Waals surface area contributed by atoms with E-state index in [1.807, 2.05) is 0 Å². The largest absolute Gasteiger partial charge is 3.00 e. The summed E-state index contributed by atoms with van der Waals surface area (Å²) in [5.41, 5.74) is 0. The SMILES string of the molecule is O=[N+]([O-])[O-].[Al+3].[Ga+3]. The van der Waals surface area contributed by atoms with Crippen LogP contribution in [0.15, 0.2) is 0 Å². The molecular weight excluding hydrogens is 159 g/mol. The molecule has 0 unspecified atom stereocenters. The normalized spacial score (nSPS) is 4.00. The number of hydrogen-bond acceptors (Lipinski definition) is 3. The Morgan fingerprint density at radius 3 is 1.33 bits per heavy atom. The van der Waals surface area contributed by atoms with E-state index in [0.717, 1.165) is 0 Å². The van der Waals surface area contributed by atoms with Crippen molar-refractivity contribution in [1.82, 2.24) is 0 Å². The van der Waals surface area contributed by atoms with Gasteiger partial charge in [-0.2, -0.15) is 0 Å². The summed E-state index contributed by atoms with van der Waals surface area (Å²) >= 11 is 0. The minimum absolute atomic E-state index is 0. The van der Waals surface area contributed by atoms with Crippen LogP contribution in [0.4, 0.5) is 0 Å². The Hall–Kier alpha value is 0.369. The van der Waals surface area contributed by atoms with Crippen molar-refractivity contribution < 1.29 is 5.09 Å². The zero-order valence-corrected chi connectivity index (χ0v) is 6.40. The van der Waals surface area contributed by atoms with Crippen LogP contribution in [0.25, 0.3) is 0 Å². The first-order valence-electron chi connectivity index (χ1n) is 0.548. The maximum absolute atomic E-state index is 8.25. The molecule has 0 rings (SSSR count). The van der Waals surface area contributed by atoms with Crippen molar-refractivity contribution in [2.45, 2.75) is 0 Å². The molecule has 0 radical (unpaired) electrons. The van der Waals surface area contributed by atoms with E-state index in [1.165, 1.54) is 0 Å². The average molecular weight is 159 g/mol. The van der Waals surface area contributed by atoms with Crippen LogP contribution in [-0.2, 0) is 0 Å². The maximum atomic E-state index is 8.25. The van der Waals surface area contributed by atoms with Gasteiger partial charge in [-0.1, -0.05) is 0 Å². The Balaban J connectivity index is -0.0000000450. The van der Waals surface area contributed by atoms with Crippen molar-refractivity contribution in [3.8, 4) is 0 Å². The molecule has 0 amide bonds. The van der Waals surface area contributed by atoms with E-state index in [1.54, 1.807) is 0 Å². The van der Waals surface area contributed by atoms with Crippen LogP contribution in [0.5, 0.6) is 0 Å². The fraction of sp³-hybridized carbons (Fsp3) is 0. The van der Waals surface area contributed by atoms with Crippen molar-refractivity contribution in [2.75, 3.05) is 0 Å². The summed E-state index contributed by atoms with van der Waals surface area (Å²) in [4.78, 5) is 8.25. The fourth-order valence-electron chi connectivity index (χ4n) is 0. The van der Waals surface area contributed by atoms with Crippen molar-refractivity contribution in [2.24, 2.45) is 0 Å². The molecule has 0 bridgehead atoms. The minimum atomic E-state index is -1.75. The van der Waals surface area contributed by atoms with Crippen LogP contribution < -0.4 is 0 Å². The molecule has 24 valence electrons. The third-order valence-electron chi connectivity index (χ3n) is 0. The third kappa shape index (κ3) is 364. The molecule has 0 aliphatic carbocycles. The minimum Gasteiger partial charge on any atom is -0.356 e. The maximum Gasteiger partial charge on any atom is 3.00 e. The van der Waals surface area contributed by atoms with Crippen molar-refractivity contribution in [3.63, 3.8) is 0 Å². The van der Waals surface area contributed by atoms with E-state index in [2.05, 4.69) is 0 Å². The van der Waals surface area contributed by atoms with Gasteiger partial charge in [0.1, 0.15) is 0 Å². The molecule has 0 saturated carbocycles. The molecule has 0 aliphatic heterocycles. The molecule has 0 aromatic rings. The molecule has 0 heterocycles. The average Bonchev–Trinajstić information content (AvgIpc) is 0.811. The summed E-state index contributed by atoms with van der Waals surface area (Å²) < 4.78 is 0. The van der Waals surface area contributed by atoms with Gasteiger partial charge in [0.2, 0.25) is 0 Å². The Labute approximate surface area is 57.8 Å². The summed E-state index contributed by atoms with van der Waals surface area (Å²) in [6.45, 7) is 0. The van der Waals surface area contributed by atoms with Gasteiger partial charge in [0.15, 0.2) is 0 Å². The topological polar surface area (TPSA) is 66.2 Å². The Kier molecular flexibility index (Phi) is 24.3. The molecular formula is AlGaNO3+5. The molecule has 0 aromatic heterocycles. The number of nitrogens with zero attached hydrogens (tertiary/aromatic N) is 1. The van der Waals surface area contributed by atoms with Crippen molar-refractivity contribution in [1.29, 1.82) is 0 Å². The van der Waals surface area contributed by atoms with Crippen molar-refractivity contribution in [3.05, 3.63) is 15.3 Å². The first-order chi connectivity index (χ1) is 1.73. The fourth-order valence-corrected chi connectivity index (χ4v) is 0. The van der Waals surface area contributed by atoms with Crippen molar-refractivity contribution >= 4 is 37.2 Å². The Bertz CT molecular complexity index is 33.8. The van der Waals surface area contributed by atoms with Gasteiger partial charge in [-0.05, 0) is 0 Å². The summed E-state index contributed by atoms with van der Waals surface area (Å²) in [5, 5.41) is 14.8. The van der Waals surface area contributed by atoms with Gasteiger partial charge in [-0.15, -0.1) is 0 Å². The zero-order valence-electron chi connectivity index (χ0n) is 2.83. The van der Waals surface area contributed by atoms with Gasteiger partial charge in [0, 0.05) is 0 Å². The quantitative estimate of drug-likeness (QED) is 0.258. The molecule has 4 nitrogen and oxygen atoms in total. The molecule has 0 fully saturated rings. The van der Waals surface area contributed by atoms with E-state index < -0.39 is 5.09 Å². The summed E-state index contributed by atoms with van der Waals surface area (Å²) in [6, 6.07) is 0. The molecule has 6 heavy (non-hydrogen) atoms. The van der Waals surface area contributed by atoms with Gasteiger partial charge in [-0.25, -0.2) is 0 Å². The van der Waals surface area contributed by atoms with E-state index >= 15 is 0 Å². The monoisotopic (exact) mass is 158 g/mol. The second-order valence-corrected chi connectivity index (χ2v) is 0.224. The second kappa shape index (κ2) is 9.03. The molecule has 0 N–H and O–H groups in total. The van der Waals surface area contributed by atoms with Gasteiger partial charge in [0.25, 0.3) is 0 Å². The zero-order chi connectivity index (χ0) is 3.58. The predicted octanol–water partition coefficient (Wildman–Crippen LogP) is -1.00. The van der Waals surface area contributed by atoms with Gasteiger partial charge < -0.3 is 15.3 Å². The molecule has 0 aliphatic rings.